The van der Waals surface area contributed by atoms with E-state index in [0.717, 1.165) is 12.5 Å². The summed E-state index contributed by atoms with van der Waals surface area (Å²) in [6.07, 6.45) is 3.44. The topological polar surface area (TPSA) is 122 Å². The molecule has 1 aromatic carbocycles. The summed E-state index contributed by atoms with van der Waals surface area (Å²) in [5.74, 6) is -0.854. The molecular weight excluding hydrogens is 298 g/mol. The molecule has 0 fully saturated rings. The van der Waals surface area contributed by atoms with E-state index in [4.69, 9.17) is 5.11 Å². The summed E-state index contributed by atoms with van der Waals surface area (Å²) >= 11 is 0. The summed E-state index contributed by atoms with van der Waals surface area (Å²) < 4.78 is 30.8. The molecule has 0 saturated carbocycles. The molecule has 0 aliphatic rings. The van der Waals surface area contributed by atoms with E-state index in [1.54, 1.807) is 0 Å². The molecule has 21 heavy (non-hydrogen) atoms. The Kier molecular flexibility index (Phi) is 4.45. The molecule has 2 aromatic rings. The maximum atomic E-state index is 12.0. The summed E-state index contributed by atoms with van der Waals surface area (Å²) in [7, 11) is -3.70. The Bertz CT molecular complexity index is 736. The lowest BCUT2D eigenvalue weighted by molar-refractivity contribution is -0.131. The summed E-state index contributed by atoms with van der Waals surface area (Å²) in [4.78, 5) is 14.1. The van der Waals surface area contributed by atoms with Crippen LogP contribution in [0.3, 0.4) is 0 Å². The molecule has 1 aromatic heterocycles. The van der Waals surface area contributed by atoms with Crippen LogP contribution < -0.4 is 4.72 Å². The van der Waals surface area contributed by atoms with Crippen LogP contribution in [0.4, 0.5) is 0 Å². The third-order valence-electron chi connectivity index (χ3n) is 2.44. The number of hydrogen-bond acceptors (Lipinski definition) is 6. The predicted octanol–water partition coefficient (Wildman–Crippen LogP) is 0.646. The largest absolute Gasteiger partial charge is 0.478 e. The molecule has 0 bridgehead atoms. The zero-order valence-corrected chi connectivity index (χ0v) is 11.4. The van der Waals surface area contributed by atoms with Crippen LogP contribution in [-0.2, 0) is 21.4 Å². The number of carboxylic acid groups (broad SMARTS) is 1. The van der Waals surface area contributed by atoms with Crippen LogP contribution in [-0.4, -0.2) is 29.6 Å². The Hall–Kier alpha value is -2.52. The van der Waals surface area contributed by atoms with E-state index < -0.39 is 16.0 Å². The van der Waals surface area contributed by atoms with Gasteiger partial charge in [-0.15, -0.1) is 0 Å². The summed E-state index contributed by atoms with van der Waals surface area (Å²) in [5.41, 5.74) is 0.578. The quantitative estimate of drug-likeness (QED) is 0.751. The average molecular weight is 309 g/mol. The maximum Gasteiger partial charge on any atom is 0.328 e. The zero-order chi connectivity index (χ0) is 15.3. The lowest BCUT2D eigenvalue weighted by atomic mass is 10.2. The molecule has 8 nitrogen and oxygen atoms in total. The molecule has 0 unspecified atom stereocenters. The Balaban J connectivity index is 2.08. The highest BCUT2D eigenvalue weighted by atomic mass is 32.2. The minimum atomic E-state index is -3.70. The first-order valence-electron chi connectivity index (χ1n) is 5.73. The van der Waals surface area contributed by atoms with Crippen molar-refractivity contribution in [3.8, 4) is 0 Å². The van der Waals surface area contributed by atoms with Crippen LogP contribution in [0.2, 0.25) is 0 Å². The van der Waals surface area contributed by atoms with Crippen LogP contribution in [0, 0.1) is 0 Å². The smallest absolute Gasteiger partial charge is 0.328 e. The second-order valence-corrected chi connectivity index (χ2v) is 5.68. The van der Waals surface area contributed by atoms with Crippen LogP contribution in [0.25, 0.3) is 6.08 Å². The molecule has 2 rings (SSSR count). The van der Waals surface area contributed by atoms with Gasteiger partial charge < -0.3 is 9.63 Å². The van der Waals surface area contributed by atoms with Crippen LogP contribution >= 0.6 is 0 Å². The molecule has 110 valence electrons. The second kappa shape index (κ2) is 6.29. The number of rotatable bonds is 6. The highest BCUT2D eigenvalue weighted by Crippen LogP contribution is 2.12. The first-order valence-corrected chi connectivity index (χ1v) is 7.22. The second-order valence-electron chi connectivity index (χ2n) is 3.91. The number of benzene rings is 1. The Morgan fingerprint density at radius 1 is 1.33 bits per heavy atom. The molecule has 9 heteroatoms. The number of sulfonamides is 1. The molecule has 1 heterocycles. The van der Waals surface area contributed by atoms with Gasteiger partial charge in [-0.25, -0.2) is 17.9 Å². The van der Waals surface area contributed by atoms with Crippen molar-refractivity contribution in [2.45, 2.75) is 11.4 Å². The number of nitrogens with one attached hydrogen (secondary N) is 1. The van der Waals surface area contributed by atoms with Crippen molar-refractivity contribution in [2.24, 2.45) is 0 Å². The number of aliphatic carboxylic acids is 1. The number of carbonyl (C=O) groups is 1. The molecule has 0 amide bonds. The zero-order valence-electron chi connectivity index (χ0n) is 10.6. The van der Waals surface area contributed by atoms with Gasteiger partial charge in [-0.1, -0.05) is 17.3 Å². The van der Waals surface area contributed by atoms with Gasteiger partial charge in [0, 0.05) is 6.08 Å². The van der Waals surface area contributed by atoms with Crippen molar-refractivity contribution < 1.29 is 22.8 Å². The standard InChI is InChI=1S/C12H11N3O5S/c16-12(17)6-3-9-1-4-10(5-2-9)21(18,19)14-7-11-13-8-20-15-11/h1-6,8,14H,7H2,(H,16,17)/b6-3+. The van der Waals surface area contributed by atoms with Gasteiger partial charge in [0.1, 0.15) is 0 Å². The van der Waals surface area contributed by atoms with E-state index in [1.807, 2.05) is 0 Å². The van der Waals surface area contributed by atoms with Crippen LogP contribution in [0.1, 0.15) is 11.4 Å². The summed E-state index contributed by atoms with van der Waals surface area (Å²) in [5, 5.41) is 12.0. The Morgan fingerprint density at radius 2 is 2.05 bits per heavy atom. The molecule has 0 spiro atoms. The van der Waals surface area contributed by atoms with E-state index in [9.17, 15) is 13.2 Å². The van der Waals surface area contributed by atoms with Crippen molar-refractivity contribution in [1.29, 1.82) is 0 Å². The van der Waals surface area contributed by atoms with Crippen molar-refractivity contribution in [1.82, 2.24) is 14.9 Å². The molecule has 0 aliphatic carbocycles. The van der Waals surface area contributed by atoms with Crippen LogP contribution in [0.15, 0.2) is 46.2 Å². The van der Waals surface area contributed by atoms with Crippen molar-refractivity contribution in [3.05, 3.63) is 48.1 Å². The normalized spacial score (nSPS) is 11.8. The van der Waals surface area contributed by atoms with Gasteiger partial charge >= 0.3 is 5.97 Å². The third-order valence-corrected chi connectivity index (χ3v) is 3.85. The van der Waals surface area contributed by atoms with Crippen molar-refractivity contribution >= 4 is 22.1 Å². The van der Waals surface area contributed by atoms with E-state index in [1.165, 1.54) is 30.3 Å². The monoisotopic (exact) mass is 309 g/mol. The minimum absolute atomic E-state index is 0.0541. The molecule has 0 atom stereocenters. The molecule has 0 aliphatic heterocycles. The lowest BCUT2D eigenvalue weighted by Gasteiger charge is -2.05. The van der Waals surface area contributed by atoms with Gasteiger partial charge in [-0.3, -0.25) is 0 Å². The van der Waals surface area contributed by atoms with Crippen molar-refractivity contribution in [3.63, 3.8) is 0 Å². The number of carboxylic acids is 1. The highest BCUT2D eigenvalue weighted by Gasteiger charge is 2.14. The first-order chi connectivity index (χ1) is 9.97. The highest BCUT2D eigenvalue weighted by molar-refractivity contribution is 7.89. The van der Waals surface area contributed by atoms with Gasteiger partial charge in [0.2, 0.25) is 16.4 Å². The Labute approximate surface area is 120 Å². The average Bonchev–Trinajstić information content (AvgIpc) is 2.97. The first kappa shape index (κ1) is 14.9. The molecule has 0 saturated heterocycles. The van der Waals surface area contributed by atoms with Gasteiger partial charge in [-0.05, 0) is 23.8 Å². The maximum absolute atomic E-state index is 12.0. The fourth-order valence-corrected chi connectivity index (χ4v) is 2.42. The molecular formula is C12H11N3O5S. The Morgan fingerprint density at radius 3 is 2.62 bits per heavy atom. The van der Waals surface area contributed by atoms with E-state index in [0.29, 0.717) is 5.56 Å². The fraction of sp³-hybridized carbons (Fsp3) is 0.0833. The number of nitrogens with zero attached hydrogens (tertiary/aromatic N) is 2. The van der Waals surface area contributed by atoms with Crippen molar-refractivity contribution in [2.75, 3.05) is 0 Å². The van der Waals surface area contributed by atoms with E-state index in [-0.39, 0.29) is 17.3 Å². The van der Waals surface area contributed by atoms with Gasteiger partial charge in [0.15, 0.2) is 5.82 Å². The minimum Gasteiger partial charge on any atom is -0.478 e. The lowest BCUT2D eigenvalue weighted by Crippen LogP contribution is -2.23. The van der Waals surface area contributed by atoms with E-state index in [2.05, 4.69) is 19.4 Å². The third kappa shape index (κ3) is 4.23. The van der Waals surface area contributed by atoms with E-state index >= 15 is 0 Å². The number of hydrogen-bond donors (Lipinski definition) is 2. The van der Waals surface area contributed by atoms with Gasteiger partial charge in [-0.2, -0.15) is 4.98 Å². The van der Waals surface area contributed by atoms with Crippen LogP contribution in [0.5, 0.6) is 0 Å². The molecule has 0 radical (unpaired) electrons. The fourth-order valence-electron chi connectivity index (χ4n) is 1.44. The van der Waals surface area contributed by atoms with Gasteiger partial charge in [0.25, 0.3) is 0 Å². The predicted molar refractivity (Wildman–Crippen MR) is 71.4 cm³/mol. The summed E-state index contributed by atoms with van der Waals surface area (Å²) in [6.45, 7) is -0.0838. The SMILES string of the molecule is O=C(O)/C=C/c1ccc(S(=O)(=O)NCc2ncon2)cc1. The summed E-state index contributed by atoms with van der Waals surface area (Å²) in [6, 6.07) is 5.75. The molecule has 2 N–H and O–H groups in total. The van der Waals surface area contributed by atoms with Gasteiger partial charge in [0.05, 0.1) is 11.4 Å². The number of aromatic nitrogens is 2.